The Morgan fingerprint density at radius 3 is 2.43 bits per heavy atom. The molecule has 0 bridgehead atoms. The minimum absolute atomic E-state index is 0.175. The summed E-state index contributed by atoms with van der Waals surface area (Å²) in [7, 11) is 3.11. The molecule has 1 N–H and O–H groups in total. The van der Waals surface area contributed by atoms with Crippen molar-refractivity contribution in [1.82, 2.24) is 0 Å². The molecule has 0 aliphatic heterocycles. The van der Waals surface area contributed by atoms with Gasteiger partial charge >= 0.3 is 0 Å². The molecule has 0 spiro atoms. The normalized spacial score (nSPS) is 10.3. The second kappa shape index (κ2) is 7.51. The molecule has 2 rings (SSSR count). The molecule has 2 aromatic rings. The highest BCUT2D eigenvalue weighted by molar-refractivity contribution is 9.10. The van der Waals surface area contributed by atoms with Crippen LogP contribution in [0.1, 0.15) is 28.4 Å². The van der Waals surface area contributed by atoms with Crippen LogP contribution < -0.4 is 14.8 Å². The van der Waals surface area contributed by atoms with E-state index in [4.69, 9.17) is 9.47 Å². The average molecular weight is 378 g/mol. The SMILES string of the molecule is CCc1cc(Br)cc(C)c1NC(=O)c1ccc(OC)c(OC)c1. The van der Waals surface area contributed by atoms with Crippen LogP contribution in [0.15, 0.2) is 34.8 Å². The smallest absolute Gasteiger partial charge is 0.255 e. The Morgan fingerprint density at radius 2 is 1.83 bits per heavy atom. The van der Waals surface area contributed by atoms with Crippen LogP contribution in [-0.2, 0) is 6.42 Å². The van der Waals surface area contributed by atoms with Crippen molar-refractivity contribution >= 4 is 27.5 Å². The summed E-state index contributed by atoms with van der Waals surface area (Å²) >= 11 is 3.49. The third-order valence-corrected chi connectivity index (χ3v) is 4.10. The Morgan fingerprint density at radius 1 is 1.13 bits per heavy atom. The van der Waals surface area contributed by atoms with Gasteiger partial charge < -0.3 is 14.8 Å². The van der Waals surface area contributed by atoms with E-state index in [0.717, 1.165) is 27.7 Å². The molecule has 1 amide bonds. The van der Waals surface area contributed by atoms with Crippen molar-refractivity contribution in [1.29, 1.82) is 0 Å². The van der Waals surface area contributed by atoms with Crippen LogP contribution in [0.3, 0.4) is 0 Å². The van der Waals surface area contributed by atoms with Crippen LogP contribution >= 0.6 is 15.9 Å². The summed E-state index contributed by atoms with van der Waals surface area (Å²) in [6.45, 7) is 4.04. The average Bonchev–Trinajstić information content (AvgIpc) is 2.56. The molecule has 4 nitrogen and oxygen atoms in total. The number of hydrogen-bond acceptors (Lipinski definition) is 3. The van der Waals surface area contributed by atoms with Gasteiger partial charge in [0.1, 0.15) is 0 Å². The highest BCUT2D eigenvalue weighted by Crippen LogP contribution is 2.30. The lowest BCUT2D eigenvalue weighted by molar-refractivity contribution is 0.102. The van der Waals surface area contributed by atoms with Gasteiger partial charge in [0, 0.05) is 15.7 Å². The molecule has 0 heterocycles. The number of amides is 1. The standard InChI is InChI=1S/C18H20BrNO3/c1-5-12-9-14(19)8-11(2)17(12)20-18(21)13-6-7-15(22-3)16(10-13)23-4/h6-10H,5H2,1-4H3,(H,20,21). The van der Waals surface area contributed by atoms with E-state index in [0.29, 0.717) is 17.1 Å². The fourth-order valence-electron chi connectivity index (χ4n) is 2.43. The second-order valence-electron chi connectivity index (χ2n) is 5.13. The van der Waals surface area contributed by atoms with E-state index in [2.05, 4.69) is 28.2 Å². The molecule has 0 aromatic heterocycles. The van der Waals surface area contributed by atoms with Crippen LogP contribution in [0.4, 0.5) is 5.69 Å². The predicted octanol–water partition coefficient (Wildman–Crippen LogP) is 4.59. The lowest BCUT2D eigenvalue weighted by Crippen LogP contribution is -2.14. The van der Waals surface area contributed by atoms with Gasteiger partial charge in [0.2, 0.25) is 0 Å². The summed E-state index contributed by atoms with van der Waals surface area (Å²) in [6.07, 6.45) is 0.835. The van der Waals surface area contributed by atoms with Crippen molar-refractivity contribution in [3.8, 4) is 11.5 Å². The second-order valence-corrected chi connectivity index (χ2v) is 6.05. The maximum Gasteiger partial charge on any atom is 0.255 e. The van der Waals surface area contributed by atoms with Crippen molar-refractivity contribution in [3.05, 3.63) is 51.5 Å². The highest BCUT2D eigenvalue weighted by Gasteiger charge is 2.14. The van der Waals surface area contributed by atoms with E-state index in [1.54, 1.807) is 32.4 Å². The van der Waals surface area contributed by atoms with Gasteiger partial charge in [-0.2, -0.15) is 0 Å². The Kier molecular flexibility index (Phi) is 5.66. The van der Waals surface area contributed by atoms with Crippen molar-refractivity contribution in [3.63, 3.8) is 0 Å². The first-order valence-corrected chi connectivity index (χ1v) is 8.11. The molecule has 2 aromatic carbocycles. The van der Waals surface area contributed by atoms with Crippen molar-refractivity contribution in [2.45, 2.75) is 20.3 Å². The van der Waals surface area contributed by atoms with Gasteiger partial charge in [0.05, 0.1) is 14.2 Å². The van der Waals surface area contributed by atoms with Crippen LogP contribution in [0.5, 0.6) is 11.5 Å². The quantitative estimate of drug-likeness (QED) is 0.828. The summed E-state index contributed by atoms with van der Waals surface area (Å²) in [5.41, 5.74) is 3.48. The molecule has 0 saturated carbocycles. The summed E-state index contributed by atoms with van der Waals surface area (Å²) in [4.78, 5) is 12.6. The van der Waals surface area contributed by atoms with Crippen LogP contribution in [0, 0.1) is 6.92 Å². The van der Waals surface area contributed by atoms with E-state index >= 15 is 0 Å². The summed E-state index contributed by atoms with van der Waals surface area (Å²) in [5.74, 6) is 0.951. The Labute approximate surface area is 144 Å². The molecule has 0 saturated heterocycles. The number of rotatable bonds is 5. The summed E-state index contributed by atoms with van der Waals surface area (Å²) < 4.78 is 11.5. The number of carbonyl (C=O) groups is 1. The number of aryl methyl sites for hydroxylation is 2. The van der Waals surface area contributed by atoms with Gasteiger partial charge in [-0.1, -0.05) is 22.9 Å². The topological polar surface area (TPSA) is 47.6 Å². The number of halogens is 1. The minimum atomic E-state index is -0.175. The first kappa shape index (κ1) is 17.3. The molecule has 0 fully saturated rings. The largest absolute Gasteiger partial charge is 0.493 e. The molecule has 23 heavy (non-hydrogen) atoms. The first-order chi connectivity index (χ1) is 11.0. The van der Waals surface area contributed by atoms with E-state index in [1.807, 2.05) is 19.1 Å². The van der Waals surface area contributed by atoms with Crippen LogP contribution in [0.2, 0.25) is 0 Å². The minimum Gasteiger partial charge on any atom is -0.493 e. The predicted molar refractivity (Wildman–Crippen MR) is 95.8 cm³/mol. The number of hydrogen-bond donors (Lipinski definition) is 1. The number of methoxy groups -OCH3 is 2. The molecular formula is C18H20BrNO3. The zero-order chi connectivity index (χ0) is 17.0. The van der Waals surface area contributed by atoms with Crippen molar-refractivity contribution in [2.24, 2.45) is 0 Å². The van der Waals surface area contributed by atoms with Gasteiger partial charge in [-0.05, 0) is 54.8 Å². The number of benzene rings is 2. The van der Waals surface area contributed by atoms with Crippen LogP contribution in [-0.4, -0.2) is 20.1 Å². The molecule has 0 aliphatic carbocycles. The third kappa shape index (κ3) is 3.85. The van der Waals surface area contributed by atoms with Gasteiger partial charge in [-0.25, -0.2) is 0 Å². The zero-order valence-corrected chi connectivity index (χ0v) is 15.3. The molecule has 5 heteroatoms. The Hall–Kier alpha value is -2.01. The Bertz CT molecular complexity index is 728. The molecule has 0 aliphatic rings. The van der Waals surface area contributed by atoms with Gasteiger partial charge in [-0.15, -0.1) is 0 Å². The number of nitrogens with one attached hydrogen (secondary N) is 1. The molecule has 122 valence electrons. The van der Waals surface area contributed by atoms with E-state index in [9.17, 15) is 4.79 Å². The van der Waals surface area contributed by atoms with E-state index < -0.39 is 0 Å². The number of carbonyl (C=O) groups excluding carboxylic acids is 1. The molecule has 0 atom stereocenters. The van der Waals surface area contributed by atoms with Gasteiger partial charge in [0.15, 0.2) is 11.5 Å². The van der Waals surface area contributed by atoms with Gasteiger partial charge in [0.25, 0.3) is 5.91 Å². The molecular weight excluding hydrogens is 358 g/mol. The van der Waals surface area contributed by atoms with Gasteiger partial charge in [-0.3, -0.25) is 4.79 Å². The summed E-state index contributed by atoms with van der Waals surface area (Å²) in [6, 6.07) is 9.13. The fraction of sp³-hybridized carbons (Fsp3) is 0.278. The fourth-order valence-corrected chi connectivity index (χ4v) is 3.05. The Balaban J connectivity index is 2.33. The van der Waals surface area contributed by atoms with E-state index in [1.165, 1.54) is 0 Å². The maximum atomic E-state index is 12.6. The molecule has 0 radical (unpaired) electrons. The third-order valence-electron chi connectivity index (χ3n) is 3.65. The monoisotopic (exact) mass is 377 g/mol. The van der Waals surface area contributed by atoms with E-state index in [-0.39, 0.29) is 5.91 Å². The lowest BCUT2D eigenvalue weighted by atomic mass is 10.1. The van der Waals surface area contributed by atoms with Crippen LogP contribution in [0.25, 0.3) is 0 Å². The summed E-state index contributed by atoms with van der Waals surface area (Å²) in [5, 5.41) is 3.01. The molecule has 0 unspecified atom stereocenters. The number of anilines is 1. The van der Waals surface area contributed by atoms with Crippen molar-refractivity contribution < 1.29 is 14.3 Å². The number of ether oxygens (including phenoxy) is 2. The maximum absolute atomic E-state index is 12.6. The lowest BCUT2D eigenvalue weighted by Gasteiger charge is -2.15. The van der Waals surface area contributed by atoms with Crippen molar-refractivity contribution in [2.75, 3.05) is 19.5 Å². The first-order valence-electron chi connectivity index (χ1n) is 7.32. The highest BCUT2D eigenvalue weighted by atomic mass is 79.9. The zero-order valence-electron chi connectivity index (χ0n) is 13.7.